The zero-order valence-corrected chi connectivity index (χ0v) is 10.9. The number of rotatable bonds is 3. The van der Waals surface area contributed by atoms with E-state index in [2.05, 4.69) is 10.6 Å². The molecule has 1 heterocycles. The van der Waals surface area contributed by atoms with Crippen molar-refractivity contribution in [3.63, 3.8) is 0 Å². The van der Waals surface area contributed by atoms with Gasteiger partial charge in [0.25, 0.3) is 0 Å². The summed E-state index contributed by atoms with van der Waals surface area (Å²) in [5.74, 6) is 0.207. The van der Waals surface area contributed by atoms with E-state index in [1.165, 1.54) is 18.2 Å². The molecule has 0 spiro atoms. The summed E-state index contributed by atoms with van der Waals surface area (Å²) in [5, 5.41) is 23.8. The first-order valence-electron chi connectivity index (χ1n) is 5.78. The third kappa shape index (κ3) is 3.31. The molecule has 0 saturated carbocycles. The van der Waals surface area contributed by atoms with Crippen LogP contribution in [0.5, 0.6) is 5.75 Å². The van der Waals surface area contributed by atoms with Crippen molar-refractivity contribution < 1.29 is 19.8 Å². The number of carboxylic acid groups (broad SMARTS) is 1. The number of benzene rings is 1. The van der Waals surface area contributed by atoms with Gasteiger partial charge in [-0.2, -0.15) is 11.8 Å². The molecule has 1 aromatic carbocycles. The molecular weight excluding hydrogens is 268 g/mol. The molecule has 1 unspecified atom stereocenters. The highest BCUT2D eigenvalue weighted by Gasteiger charge is 2.19. The number of amides is 2. The van der Waals surface area contributed by atoms with Gasteiger partial charge in [-0.25, -0.2) is 9.59 Å². The van der Waals surface area contributed by atoms with Gasteiger partial charge in [-0.05, 0) is 24.3 Å². The Morgan fingerprint density at radius 3 is 2.79 bits per heavy atom. The average Bonchev–Trinajstić information content (AvgIpc) is 2.84. The SMILES string of the molecule is O=C(Nc1cccc(C(=O)O)c1O)NC1CCSC1. The summed E-state index contributed by atoms with van der Waals surface area (Å²) in [6.45, 7) is 0. The molecule has 4 N–H and O–H groups in total. The van der Waals surface area contributed by atoms with Crippen molar-refractivity contribution in [2.75, 3.05) is 16.8 Å². The number of aromatic carboxylic acids is 1. The number of urea groups is 1. The zero-order chi connectivity index (χ0) is 13.8. The predicted octanol–water partition coefficient (Wildman–Crippen LogP) is 1.72. The Bertz CT molecular complexity index is 501. The fraction of sp³-hybridized carbons (Fsp3) is 0.333. The van der Waals surface area contributed by atoms with Gasteiger partial charge in [0.05, 0.1) is 5.69 Å². The minimum Gasteiger partial charge on any atom is -0.505 e. The second-order valence-electron chi connectivity index (χ2n) is 4.17. The summed E-state index contributed by atoms with van der Waals surface area (Å²) in [6.07, 6.45) is 0.916. The second kappa shape index (κ2) is 5.83. The van der Waals surface area contributed by atoms with Gasteiger partial charge < -0.3 is 20.8 Å². The summed E-state index contributed by atoms with van der Waals surface area (Å²) in [5.41, 5.74) is -0.155. The summed E-state index contributed by atoms with van der Waals surface area (Å²) in [6, 6.07) is 3.86. The maximum atomic E-state index is 11.7. The van der Waals surface area contributed by atoms with E-state index in [1.807, 2.05) is 0 Å². The number of hydrogen-bond acceptors (Lipinski definition) is 4. The lowest BCUT2D eigenvalue weighted by molar-refractivity contribution is 0.0693. The molecule has 102 valence electrons. The summed E-state index contributed by atoms with van der Waals surface area (Å²) in [7, 11) is 0. The Labute approximate surface area is 114 Å². The van der Waals surface area contributed by atoms with Crippen LogP contribution < -0.4 is 10.6 Å². The van der Waals surface area contributed by atoms with Crippen LogP contribution in [0.25, 0.3) is 0 Å². The van der Waals surface area contributed by atoms with E-state index in [-0.39, 0.29) is 17.3 Å². The lowest BCUT2D eigenvalue weighted by atomic mass is 10.1. The van der Waals surface area contributed by atoms with Crippen LogP contribution in [0.3, 0.4) is 0 Å². The fourth-order valence-electron chi connectivity index (χ4n) is 1.81. The summed E-state index contributed by atoms with van der Waals surface area (Å²) in [4.78, 5) is 22.6. The number of carbonyl (C=O) groups is 2. The Kier molecular flexibility index (Phi) is 4.16. The van der Waals surface area contributed by atoms with Crippen molar-refractivity contribution in [2.24, 2.45) is 0 Å². The molecule has 1 aliphatic rings. The Hall–Kier alpha value is -1.89. The Balaban J connectivity index is 2.04. The van der Waals surface area contributed by atoms with E-state index in [0.29, 0.717) is 0 Å². The molecule has 0 aliphatic carbocycles. The molecule has 6 nitrogen and oxygen atoms in total. The minimum atomic E-state index is -1.24. The number of nitrogens with one attached hydrogen (secondary N) is 2. The van der Waals surface area contributed by atoms with Crippen LogP contribution in [-0.4, -0.2) is 39.8 Å². The quantitative estimate of drug-likeness (QED) is 0.633. The van der Waals surface area contributed by atoms with Crippen LogP contribution in [0.4, 0.5) is 10.5 Å². The van der Waals surface area contributed by atoms with E-state index in [1.54, 1.807) is 11.8 Å². The van der Waals surface area contributed by atoms with Crippen LogP contribution in [0.15, 0.2) is 18.2 Å². The molecule has 1 fully saturated rings. The average molecular weight is 282 g/mol. The van der Waals surface area contributed by atoms with Gasteiger partial charge in [-0.15, -0.1) is 0 Å². The van der Waals surface area contributed by atoms with Gasteiger partial charge in [0, 0.05) is 11.8 Å². The van der Waals surface area contributed by atoms with Gasteiger partial charge >= 0.3 is 12.0 Å². The highest BCUT2D eigenvalue weighted by Crippen LogP contribution is 2.27. The van der Waals surface area contributed by atoms with Crippen LogP contribution in [0.2, 0.25) is 0 Å². The molecule has 0 aromatic heterocycles. The maximum Gasteiger partial charge on any atom is 0.339 e. The number of carbonyl (C=O) groups excluding carboxylic acids is 1. The van der Waals surface area contributed by atoms with Crippen molar-refractivity contribution in [2.45, 2.75) is 12.5 Å². The molecule has 2 rings (SSSR count). The predicted molar refractivity (Wildman–Crippen MR) is 73.0 cm³/mol. The first kappa shape index (κ1) is 13.5. The van der Waals surface area contributed by atoms with Gasteiger partial charge in [-0.3, -0.25) is 0 Å². The van der Waals surface area contributed by atoms with Crippen molar-refractivity contribution in [3.8, 4) is 5.75 Å². The number of anilines is 1. The number of hydrogen-bond donors (Lipinski definition) is 4. The van der Waals surface area contributed by atoms with Gasteiger partial charge in [-0.1, -0.05) is 6.07 Å². The number of para-hydroxylation sites is 1. The first-order valence-corrected chi connectivity index (χ1v) is 6.94. The molecular formula is C12H14N2O4S. The third-order valence-corrected chi connectivity index (χ3v) is 3.94. The van der Waals surface area contributed by atoms with E-state index < -0.39 is 17.7 Å². The number of phenols is 1. The van der Waals surface area contributed by atoms with Crippen molar-refractivity contribution >= 4 is 29.4 Å². The van der Waals surface area contributed by atoms with E-state index in [4.69, 9.17) is 5.11 Å². The number of aromatic hydroxyl groups is 1. The molecule has 1 aromatic rings. The van der Waals surface area contributed by atoms with Crippen molar-refractivity contribution in [1.29, 1.82) is 0 Å². The molecule has 2 amide bonds. The molecule has 1 saturated heterocycles. The van der Waals surface area contributed by atoms with Gasteiger partial charge in [0.1, 0.15) is 5.56 Å². The highest BCUT2D eigenvalue weighted by molar-refractivity contribution is 7.99. The monoisotopic (exact) mass is 282 g/mol. The van der Waals surface area contributed by atoms with E-state index in [9.17, 15) is 14.7 Å². The first-order chi connectivity index (χ1) is 9.08. The van der Waals surface area contributed by atoms with Crippen molar-refractivity contribution in [3.05, 3.63) is 23.8 Å². The Morgan fingerprint density at radius 2 is 2.16 bits per heavy atom. The molecule has 0 bridgehead atoms. The minimum absolute atomic E-state index is 0.0862. The highest BCUT2D eigenvalue weighted by atomic mass is 32.2. The standard InChI is InChI=1S/C12H14N2O4S/c15-10-8(11(16)17)2-1-3-9(10)14-12(18)13-7-4-5-19-6-7/h1-3,7,15H,4-6H2,(H,16,17)(H2,13,14,18). The zero-order valence-electron chi connectivity index (χ0n) is 10.0. The van der Waals surface area contributed by atoms with Crippen LogP contribution in [0.1, 0.15) is 16.8 Å². The number of thioether (sulfide) groups is 1. The largest absolute Gasteiger partial charge is 0.505 e. The van der Waals surface area contributed by atoms with Gasteiger partial charge in [0.15, 0.2) is 5.75 Å². The molecule has 1 atom stereocenters. The second-order valence-corrected chi connectivity index (χ2v) is 5.32. The van der Waals surface area contributed by atoms with Crippen LogP contribution in [0, 0.1) is 0 Å². The Morgan fingerprint density at radius 1 is 1.37 bits per heavy atom. The van der Waals surface area contributed by atoms with E-state index >= 15 is 0 Å². The molecule has 7 heteroatoms. The third-order valence-electron chi connectivity index (χ3n) is 2.78. The molecule has 0 radical (unpaired) electrons. The fourth-order valence-corrected chi connectivity index (χ4v) is 2.96. The summed E-state index contributed by atoms with van der Waals surface area (Å²) >= 11 is 1.77. The topological polar surface area (TPSA) is 98.7 Å². The summed E-state index contributed by atoms with van der Waals surface area (Å²) < 4.78 is 0. The normalized spacial score (nSPS) is 18.0. The van der Waals surface area contributed by atoms with Crippen molar-refractivity contribution in [1.82, 2.24) is 5.32 Å². The smallest absolute Gasteiger partial charge is 0.339 e. The van der Waals surface area contributed by atoms with E-state index in [0.717, 1.165) is 17.9 Å². The van der Waals surface area contributed by atoms with Gasteiger partial charge in [0.2, 0.25) is 0 Å². The molecule has 19 heavy (non-hydrogen) atoms. The van der Waals surface area contributed by atoms with Crippen LogP contribution >= 0.6 is 11.8 Å². The number of carboxylic acids is 1. The lowest BCUT2D eigenvalue weighted by Crippen LogP contribution is -2.37. The molecule has 1 aliphatic heterocycles. The maximum absolute atomic E-state index is 11.7. The lowest BCUT2D eigenvalue weighted by Gasteiger charge is -2.13. The van der Waals surface area contributed by atoms with Crippen LogP contribution in [-0.2, 0) is 0 Å².